The van der Waals surface area contributed by atoms with E-state index in [0.717, 1.165) is 12.8 Å². The highest BCUT2D eigenvalue weighted by Gasteiger charge is 2.14. The Hall–Kier alpha value is -0.570. The van der Waals surface area contributed by atoms with Gasteiger partial charge in [0.25, 0.3) is 0 Å². The van der Waals surface area contributed by atoms with Crippen molar-refractivity contribution in [2.24, 2.45) is 5.73 Å². The highest BCUT2D eigenvalue weighted by atomic mass is 16.1. The summed E-state index contributed by atoms with van der Waals surface area (Å²) in [5.41, 5.74) is 4.50. The van der Waals surface area contributed by atoms with Gasteiger partial charge < -0.3 is 11.1 Å². The molecule has 1 aliphatic carbocycles. The van der Waals surface area contributed by atoms with Crippen LogP contribution in [0.3, 0.4) is 0 Å². The maximum absolute atomic E-state index is 11.4. The van der Waals surface area contributed by atoms with Crippen LogP contribution in [0.2, 0.25) is 0 Å². The third-order valence-corrected chi connectivity index (χ3v) is 2.73. The van der Waals surface area contributed by atoms with Gasteiger partial charge in [0.15, 0.2) is 0 Å². The van der Waals surface area contributed by atoms with Gasteiger partial charge in [0, 0.05) is 12.5 Å². The van der Waals surface area contributed by atoms with Crippen LogP contribution in [0.5, 0.6) is 0 Å². The SMILES string of the molecule is CC.CCCCC(=O)NC1CCCCC1.CN. The smallest absolute Gasteiger partial charge is 0.220 e. The summed E-state index contributed by atoms with van der Waals surface area (Å²) in [4.78, 5) is 11.4. The van der Waals surface area contributed by atoms with Crippen LogP contribution in [-0.4, -0.2) is 19.0 Å². The van der Waals surface area contributed by atoms with Crippen molar-refractivity contribution < 1.29 is 4.79 Å². The van der Waals surface area contributed by atoms with Crippen molar-refractivity contribution in [3.05, 3.63) is 0 Å². The van der Waals surface area contributed by atoms with E-state index in [2.05, 4.69) is 18.0 Å². The number of nitrogens with two attached hydrogens (primary N) is 1. The second-order valence-electron chi connectivity index (χ2n) is 4.01. The van der Waals surface area contributed by atoms with E-state index in [-0.39, 0.29) is 5.91 Å². The number of unbranched alkanes of at least 4 members (excludes halogenated alkanes) is 1. The van der Waals surface area contributed by atoms with Gasteiger partial charge in [-0.1, -0.05) is 46.5 Å². The molecule has 3 N–H and O–H groups in total. The van der Waals surface area contributed by atoms with Crippen LogP contribution < -0.4 is 11.1 Å². The van der Waals surface area contributed by atoms with E-state index in [9.17, 15) is 4.79 Å². The molecule has 3 heteroatoms. The quantitative estimate of drug-likeness (QED) is 0.797. The molecular weight excluding hydrogens is 212 g/mol. The Labute approximate surface area is 108 Å². The summed E-state index contributed by atoms with van der Waals surface area (Å²) >= 11 is 0. The van der Waals surface area contributed by atoms with Gasteiger partial charge in [-0.05, 0) is 26.3 Å². The van der Waals surface area contributed by atoms with Gasteiger partial charge >= 0.3 is 0 Å². The zero-order valence-electron chi connectivity index (χ0n) is 12.2. The number of amides is 1. The van der Waals surface area contributed by atoms with E-state index in [1.54, 1.807) is 0 Å². The molecule has 104 valence electrons. The Morgan fingerprint density at radius 2 is 1.71 bits per heavy atom. The number of rotatable bonds is 4. The Morgan fingerprint density at radius 1 is 1.18 bits per heavy atom. The van der Waals surface area contributed by atoms with Crippen LogP contribution in [-0.2, 0) is 4.79 Å². The predicted molar refractivity (Wildman–Crippen MR) is 76.0 cm³/mol. The minimum Gasteiger partial charge on any atom is -0.353 e. The van der Waals surface area contributed by atoms with Crippen LogP contribution in [0.4, 0.5) is 0 Å². The molecule has 0 aromatic heterocycles. The van der Waals surface area contributed by atoms with Gasteiger partial charge in [-0.3, -0.25) is 4.79 Å². The molecule has 1 rings (SSSR count). The highest BCUT2D eigenvalue weighted by Crippen LogP contribution is 2.17. The molecule has 0 aromatic rings. The number of nitrogens with one attached hydrogen (secondary N) is 1. The van der Waals surface area contributed by atoms with E-state index >= 15 is 0 Å². The van der Waals surface area contributed by atoms with Gasteiger partial charge in [0.2, 0.25) is 5.91 Å². The van der Waals surface area contributed by atoms with Crippen molar-refractivity contribution in [2.75, 3.05) is 7.05 Å². The number of carbonyl (C=O) groups is 1. The summed E-state index contributed by atoms with van der Waals surface area (Å²) < 4.78 is 0. The Balaban J connectivity index is 0. The molecule has 17 heavy (non-hydrogen) atoms. The van der Waals surface area contributed by atoms with Crippen LogP contribution >= 0.6 is 0 Å². The van der Waals surface area contributed by atoms with Crippen molar-refractivity contribution in [1.29, 1.82) is 0 Å². The zero-order chi connectivity index (χ0) is 13.5. The summed E-state index contributed by atoms with van der Waals surface area (Å²) in [5, 5.41) is 3.11. The van der Waals surface area contributed by atoms with E-state index in [1.807, 2.05) is 13.8 Å². The minimum absolute atomic E-state index is 0.258. The first kappa shape index (κ1) is 18.8. The molecule has 1 amide bonds. The number of hydrogen-bond donors (Lipinski definition) is 2. The lowest BCUT2D eigenvalue weighted by molar-refractivity contribution is -0.122. The van der Waals surface area contributed by atoms with Crippen LogP contribution in [0.1, 0.15) is 72.1 Å². The lowest BCUT2D eigenvalue weighted by Crippen LogP contribution is -2.35. The molecule has 0 spiro atoms. The summed E-state index contributed by atoms with van der Waals surface area (Å²) in [7, 11) is 1.50. The number of hydrogen-bond acceptors (Lipinski definition) is 2. The predicted octanol–water partition coefficient (Wildman–Crippen LogP) is 3.23. The fourth-order valence-corrected chi connectivity index (χ4v) is 1.88. The summed E-state index contributed by atoms with van der Waals surface area (Å²) in [6.07, 6.45) is 9.16. The average molecular weight is 244 g/mol. The lowest BCUT2D eigenvalue weighted by atomic mass is 9.95. The molecule has 0 bridgehead atoms. The second-order valence-corrected chi connectivity index (χ2v) is 4.01. The molecule has 1 fully saturated rings. The highest BCUT2D eigenvalue weighted by molar-refractivity contribution is 5.76. The van der Waals surface area contributed by atoms with Gasteiger partial charge in [-0.15, -0.1) is 0 Å². The normalized spacial score (nSPS) is 14.9. The van der Waals surface area contributed by atoms with Crippen molar-refractivity contribution in [3.8, 4) is 0 Å². The molecule has 0 unspecified atom stereocenters. The first-order valence-corrected chi connectivity index (χ1v) is 7.20. The topological polar surface area (TPSA) is 55.1 Å². The molecule has 0 radical (unpaired) electrons. The first-order chi connectivity index (χ1) is 8.33. The van der Waals surface area contributed by atoms with Crippen molar-refractivity contribution in [3.63, 3.8) is 0 Å². The van der Waals surface area contributed by atoms with Gasteiger partial charge in [-0.25, -0.2) is 0 Å². The van der Waals surface area contributed by atoms with E-state index in [4.69, 9.17) is 0 Å². The second kappa shape index (κ2) is 15.4. The number of carbonyl (C=O) groups excluding carboxylic acids is 1. The standard InChI is InChI=1S/C11H21NO.C2H6.CH5N/c1-2-3-9-11(13)12-10-7-5-4-6-8-10;2*1-2/h10H,2-9H2,1H3,(H,12,13);1-2H3;2H2,1H3. The van der Waals surface area contributed by atoms with Gasteiger partial charge in [0.05, 0.1) is 0 Å². The molecule has 0 heterocycles. The zero-order valence-corrected chi connectivity index (χ0v) is 12.2. The average Bonchev–Trinajstić information content (AvgIpc) is 2.42. The van der Waals surface area contributed by atoms with Crippen molar-refractivity contribution in [1.82, 2.24) is 5.32 Å². The van der Waals surface area contributed by atoms with Gasteiger partial charge in [-0.2, -0.15) is 0 Å². The van der Waals surface area contributed by atoms with Crippen molar-refractivity contribution in [2.45, 2.75) is 78.2 Å². The maximum Gasteiger partial charge on any atom is 0.220 e. The first-order valence-electron chi connectivity index (χ1n) is 7.20. The third-order valence-electron chi connectivity index (χ3n) is 2.73. The van der Waals surface area contributed by atoms with E-state index in [0.29, 0.717) is 12.5 Å². The molecule has 0 saturated heterocycles. The van der Waals surface area contributed by atoms with E-state index in [1.165, 1.54) is 39.2 Å². The molecule has 3 nitrogen and oxygen atoms in total. The summed E-state index contributed by atoms with van der Waals surface area (Å²) in [5.74, 6) is 0.258. The molecule has 0 atom stereocenters. The van der Waals surface area contributed by atoms with Gasteiger partial charge in [0.1, 0.15) is 0 Å². The monoisotopic (exact) mass is 244 g/mol. The third kappa shape index (κ3) is 11.7. The maximum atomic E-state index is 11.4. The fourth-order valence-electron chi connectivity index (χ4n) is 1.88. The lowest BCUT2D eigenvalue weighted by Gasteiger charge is -2.22. The Kier molecular flexibility index (Phi) is 17.1. The molecule has 1 aliphatic rings. The molecule has 0 aliphatic heterocycles. The Bertz CT molecular complexity index is 154. The van der Waals surface area contributed by atoms with Crippen LogP contribution in [0.25, 0.3) is 0 Å². The van der Waals surface area contributed by atoms with Crippen LogP contribution in [0.15, 0.2) is 0 Å². The molecule has 1 saturated carbocycles. The Morgan fingerprint density at radius 3 is 2.18 bits per heavy atom. The molecule has 0 aromatic carbocycles. The molecular formula is C14H32N2O. The van der Waals surface area contributed by atoms with Crippen molar-refractivity contribution >= 4 is 5.91 Å². The largest absolute Gasteiger partial charge is 0.353 e. The fraction of sp³-hybridized carbons (Fsp3) is 0.929. The minimum atomic E-state index is 0.258. The summed E-state index contributed by atoms with van der Waals surface area (Å²) in [6.45, 7) is 6.12. The summed E-state index contributed by atoms with van der Waals surface area (Å²) in [6, 6.07) is 0.484. The van der Waals surface area contributed by atoms with E-state index < -0.39 is 0 Å². The van der Waals surface area contributed by atoms with Crippen LogP contribution in [0, 0.1) is 0 Å².